The van der Waals surface area contributed by atoms with Gasteiger partial charge in [-0.25, -0.2) is 0 Å². The van der Waals surface area contributed by atoms with Crippen molar-refractivity contribution in [3.8, 4) is 5.75 Å². The fourth-order valence-electron chi connectivity index (χ4n) is 1.80. The van der Waals surface area contributed by atoms with Crippen LogP contribution in [-0.4, -0.2) is 22.6 Å². The zero-order valence-corrected chi connectivity index (χ0v) is 13.6. The predicted molar refractivity (Wildman–Crippen MR) is 85.8 cm³/mol. The van der Waals surface area contributed by atoms with Gasteiger partial charge in [-0.15, -0.1) is 23.4 Å². The molecule has 0 N–H and O–H groups in total. The number of hydrogen-bond donors (Lipinski definition) is 0. The topological polar surface area (TPSA) is 30.8 Å². The van der Waals surface area contributed by atoms with Crippen molar-refractivity contribution in [3.63, 3.8) is 0 Å². The molecule has 1 heterocycles. The zero-order chi connectivity index (χ0) is 14.6. The second kappa shape index (κ2) is 6.72. The number of benzene rings is 1. The highest BCUT2D eigenvalue weighted by molar-refractivity contribution is 8.13. The summed E-state index contributed by atoms with van der Waals surface area (Å²) in [6, 6.07) is 8.18. The molecule has 1 aliphatic heterocycles. The van der Waals surface area contributed by atoms with Gasteiger partial charge in [0, 0.05) is 12.2 Å². The van der Waals surface area contributed by atoms with Crippen molar-refractivity contribution in [1.29, 1.82) is 0 Å². The van der Waals surface area contributed by atoms with Gasteiger partial charge in [-0.2, -0.15) is 0 Å². The molecule has 0 aliphatic carbocycles. The molecule has 1 aliphatic rings. The molecular formula is C15H20ClNO2S. The summed E-state index contributed by atoms with van der Waals surface area (Å²) < 4.78 is 5.62. The molecule has 5 heteroatoms. The van der Waals surface area contributed by atoms with Crippen LogP contribution in [0, 0.1) is 0 Å². The highest BCUT2D eigenvalue weighted by Crippen LogP contribution is 2.30. The summed E-state index contributed by atoms with van der Waals surface area (Å²) in [5, 5.41) is 5.11. The maximum Gasteiger partial charge on any atom is 0.154 e. The molecule has 0 saturated carbocycles. The van der Waals surface area contributed by atoms with Gasteiger partial charge < -0.3 is 9.57 Å². The van der Waals surface area contributed by atoms with E-state index in [2.05, 4.69) is 17.3 Å². The maximum atomic E-state index is 5.87. The molecular weight excluding hydrogens is 294 g/mol. The Labute approximate surface area is 129 Å². The summed E-state index contributed by atoms with van der Waals surface area (Å²) in [6.07, 6.45) is 0.990. The van der Waals surface area contributed by atoms with Gasteiger partial charge in [0.05, 0.1) is 12.0 Å². The van der Waals surface area contributed by atoms with E-state index in [1.54, 1.807) is 11.8 Å². The first-order valence-electron chi connectivity index (χ1n) is 6.70. The lowest BCUT2D eigenvalue weighted by Crippen LogP contribution is -2.26. The van der Waals surface area contributed by atoms with Gasteiger partial charge in [0.1, 0.15) is 10.8 Å². The molecule has 1 atom stereocenters. The molecule has 3 nitrogen and oxygen atoms in total. The summed E-state index contributed by atoms with van der Waals surface area (Å²) in [5.74, 6) is 2.25. The highest BCUT2D eigenvalue weighted by Gasteiger charge is 2.33. The first-order chi connectivity index (χ1) is 9.50. The maximum absolute atomic E-state index is 5.87. The summed E-state index contributed by atoms with van der Waals surface area (Å²) >= 11 is 7.57. The zero-order valence-electron chi connectivity index (χ0n) is 12.1. The Hall–Kier alpha value is -0.870. The Morgan fingerprint density at radius 2 is 2.10 bits per heavy atom. The van der Waals surface area contributed by atoms with Gasteiger partial charge >= 0.3 is 0 Å². The van der Waals surface area contributed by atoms with Crippen molar-refractivity contribution in [3.05, 3.63) is 29.8 Å². The molecule has 2 rings (SSSR count). The fraction of sp³-hybridized carbons (Fsp3) is 0.533. The number of ether oxygens (including phenoxy) is 1. The molecule has 0 radical (unpaired) electrons. The number of halogens is 1. The third kappa shape index (κ3) is 4.32. The summed E-state index contributed by atoms with van der Waals surface area (Å²) in [4.78, 5) is 5.37. The number of nitrogens with zero attached hydrogens (tertiary/aromatic N) is 1. The second-order valence-corrected chi connectivity index (χ2v) is 6.75. The average molecular weight is 314 g/mol. The van der Waals surface area contributed by atoms with Crippen molar-refractivity contribution >= 4 is 28.4 Å². The Kier molecular flexibility index (Phi) is 5.22. The van der Waals surface area contributed by atoms with Crippen LogP contribution >= 0.6 is 23.4 Å². The molecule has 1 unspecified atom stereocenters. The van der Waals surface area contributed by atoms with Crippen LogP contribution in [0.3, 0.4) is 0 Å². The largest absolute Gasteiger partial charge is 0.491 e. The third-order valence-electron chi connectivity index (χ3n) is 2.88. The van der Waals surface area contributed by atoms with Gasteiger partial charge in [0.15, 0.2) is 5.60 Å². The standard InChI is InChI=1S/C15H20ClNO2S/c1-11(2)18-13-6-4-12(5-7-13)9-20-14-8-15(3,10-16)19-17-14/h4-7,11H,8-10H2,1-3H3. The molecule has 0 saturated heterocycles. The van der Waals surface area contributed by atoms with E-state index in [0.717, 1.165) is 23.0 Å². The van der Waals surface area contributed by atoms with E-state index < -0.39 is 0 Å². The fourth-order valence-corrected chi connectivity index (χ4v) is 2.96. The number of thioether (sulfide) groups is 1. The van der Waals surface area contributed by atoms with Crippen LogP contribution < -0.4 is 4.74 Å². The minimum Gasteiger partial charge on any atom is -0.491 e. The van der Waals surface area contributed by atoms with Crippen molar-refractivity contribution in [2.24, 2.45) is 5.16 Å². The SMILES string of the molecule is CC(C)Oc1ccc(CSC2=NOC(C)(CCl)C2)cc1. The van der Waals surface area contributed by atoms with Crippen molar-refractivity contribution < 1.29 is 9.57 Å². The minimum absolute atomic E-state index is 0.202. The lowest BCUT2D eigenvalue weighted by molar-refractivity contribution is 0.0152. The van der Waals surface area contributed by atoms with E-state index in [1.165, 1.54) is 5.56 Å². The van der Waals surface area contributed by atoms with E-state index in [4.69, 9.17) is 21.2 Å². The first kappa shape index (κ1) is 15.5. The Bertz CT molecular complexity index is 475. The van der Waals surface area contributed by atoms with Gasteiger partial charge in [0.2, 0.25) is 0 Å². The van der Waals surface area contributed by atoms with Crippen LogP contribution in [0.15, 0.2) is 29.4 Å². The Morgan fingerprint density at radius 3 is 2.65 bits per heavy atom. The molecule has 0 amide bonds. The molecule has 1 aromatic carbocycles. The molecule has 1 aromatic rings. The van der Waals surface area contributed by atoms with Gasteiger partial charge in [-0.1, -0.05) is 17.3 Å². The van der Waals surface area contributed by atoms with Crippen molar-refractivity contribution in [1.82, 2.24) is 0 Å². The monoisotopic (exact) mass is 313 g/mol. The minimum atomic E-state index is -0.334. The normalized spacial score (nSPS) is 21.8. The summed E-state index contributed by atoms with van der Waals surface area (Å²) in [5.41, 5.74) is 0.909. The molecule has 0 aromatic heterocycles. The molecule has 0 spiro atoms. The van der Waals surface area contributed by atoms with Gasteiger partial charge in [-0.05, 0) is 38.5 Å². The van der Waals surface area contributed by atoms with E-state index in [1.807, 2.05) is 32.9 Å². The van der Waals surface area contributed by atoms with Gasteiger partial charge in [-0.3, -0.25) is 0 Å². The van der Waals surface area contributed by atoms with E-state index >= 15 is 0 Å². The molecule has 0 fully saturated rings. The van der Waals surface area contributed by atoms with Crippen molar-refractivity contribution in [2.45, 2.75) is 44.6 Å². The third-order valence-corrected chi connectivity index (χ3v) is 4.47. The number of alkyl halides is 1. The van der Waals surface area contributed by atoms with Crippen LogP contribution in [0.4, 0.5) is 0 Å². The highest BCUT2D eigenvalue weighted by atomic mass is 35.5. The van der Waals surface area contributed by atoms with Crippen molar-refractivity contribution in [2.75, 3.05) is 5.88 Å². The van der Waals surface area contributed by atoms with E-state index in [9.17, 15) is 0 Å². The summed E-state index contributed by atoms with van der Waals surface area (Å²) in [6.45, 7) is 6.03. The van der Waals surface area contributed by atoms with Crippen LogP contribution in [0.1, 0.15) is 32.8 Å². The molecule has 0 bridgehead atoms. The lowest BCUT2D eigenvalue weighted by atomic mass is 10.1. The number of rotatable bonds is 5. The average Bonchev–Trinajstić information content (AvgIpc) is 2.80. The van der Waals surface area contributed by atoms with Crippen LogP contribution in [0.5, 0.6) is 5.75 Å². The first-order valence-corrected chi connectivity index (χ1v) is 8.22. The smallest absolute Gasteiger partial charge is 0.154 e. The Morgan fingerprint density at radius 1 is 1.40 bits per heavy atom. The predicted octanol–water partition coefficient (Wildman–Crippen LogP) is 4.44. The Balaban J connectivity index is 1.83. The summed E-state index contributed by atoms with van der Waals surface area (Å²) in [7, 11) is 0. The number of oxime groups is 1. The van der Waals surface area contributed by atoms with Crippen LogP contribution in [0.2, 0.25) is 0 Å². The van der Waals surface area contributed by atoms with E-state index in [0.29, 0.717) is 5.88 Å². The quantitative estimate of drug-likeness (QED) is 0.753. The van der Waals surface area contributed by atoms with Gasteiger partial charge in [0.25, 0.3) is 0 Å². The lowest BCUT2D eigenvalue weighted by Gasteiger charge is -2.16. The molecule has 20 heavy (non-hydrogen) atoms. The van der Waals surface area contributed by atoms with Crippen LogP contribution in [0.25, 0.3) is 0 Å². The second-order valence-electron chi connectivity index (χ2n) is 5.44. The molecule has 110 valence electrons. The number of hydrogen-bond acceptors (Lipinski definition) is 4. The van der Waals surface area contributed by atoms with Crippen LogP contribution in [-0.2, 0) is 10.6 Å². The van der Waals surface area contributed by atoms with E-state index in [-0.39, 0.29) is 11.7 Å².